The average Bonchev–Trinajstić information content (AvgIpc) is 3.01. The second kappa shape index (κ2) is 12.2. The van der Waals surface area contributed by atoms with E-state index in [9.17, 15) is 24.3 Å². The van der Waals surface area contributed by atoms with Crippen LogP contribution in [0.3, 0.4) is 0 Å². The summed E-state index contributed by atoms with van der Waals surface area (Å²) in [5.41, 5.74) is -3.42. The highest BCUT2D eigenvalue weighted by molar-refractivity contribution is 6.08. The molecule has 39 heavy (non-hydrogen) atoms. The Bertz CT molecular complexity index is 1100. The van der Waals surface area contributed by atoms with E-state index >= 15 is 8.78 Å². The number of ether oxygens (including phenoxy) is 5. The van der Waals surface area contributed by atoms with Crippen LogP contribution in [0.15, 0.2) is 17.1 Å². The van der Waals surface area contributed by atoms with Gasteiger partial charge in [-0.25, -0.2) is 19.2 Å². The van der Waals surface area contributed by atoms with Gasteiger partial charge in [-0.2, -0.15) is 18.7 Å². The Balaban J connectivity index is 2.40. The van der Waals surface area contributed by atoms with E-state index in [0.29, 0.717) is 22.3 Å². The zero-order chi connectivity index (χ0) is 29.8. The van der Waals surface area contributed by atoms with E-state index in [4.69, 9.17) is 23.7 Å². The molecule has 1 N–H and O–H groups in total. The van der Waals surface area contributed by atoms with Gasteiger partial charge in [0.15, 0.2) is 5.82 Å². The third-order valence-electron chi connectivity index (χ3n) is 4.92. The number of aromatic nitrogens is 2. The maximum absolute atomic E-state index is 15.3. The number of unbranched alkanes of at least 4 members (excludes halogenated alkanes) is 1. The van der Waals surface area contributed by atoms with Gasteiger partial charge in [-0.15, -0.1) is 0 Å². The molecule has 220 valence electrons. The molecule has 1 saturated heterocycles. The van der Waals surface area contributed by atoms with Crippen molar-refractivity contribution in [2.75, 3.05) is 18.1 Å². The molecule has 1 aliphatic rings. The number of anilines is 1. The van der Waals surface area contributed by atoms with Crippen molar-refractivity contribution in [3.63, 3.8) is 0 Å². The van der Waals surface area contributed by atoms with Crippen LogP contribution in [0.5, 0.6) is 0 Å². The monoisotopic (exact) mass is 563 g/mol. The first-order valence-corrected chi connectivity index (χ1v) is 12.2. The lowest BCUT2D eigenvalue weighted by Gasteiger charge is -2.26. The highest BCUT2D eigenvalue weighted by Gasteiger charge is 2.62. The van der Waals surface area contributed by atoms with Crippen molar-refractivity contribution in [3.8, 4) is 0 Å². The van der Waals surface area contributed by atoms with Crippen LogP contribution < -0.4 is 10.6 Å². The zero-order valence-corrected chi connectivity index (χ0v) is 22.9. The number of alkyl halides is 2. The van der Waals surface area contributed by atoms with Gasteiger partial charge in [0, 0.05) is 6.20 Å². The number of carbonyl (C=O) groups excluding carboxylic acids is 3. The molecule has 13 nitrogen and oxygen atoms in total. The van der Waals surface area contributed by atoms with Crippen molar-refractivity contribution >= 4 is 24.2 Å². The summed E-state index contributed by atoms with van der Waals surface area (Å²) in [6.45, 7) is 9.97. The molecule has 1 fully saturated rings. The minimum absolute atomic E-state index is 0.0323. The van der Waals surface area contributed by atoms with E-state index in [1.165, 1.54) is 20.8 Å². The SMILES string of the molecule is CCCCOC(=O)N(C(=O)OC(C)(C)C)c1ccn([C@@H]2O[C@H](CO)[C@H](OC(=O)OC(C)(C)C)C2(F)F)c(=O)n1. The molecule has 0 unspecified atom stereocenters. The average molecular weight is 564 g/mol. The molecule has 2 amide bonds. The molecule has 0 aliphatic carbocycles. The standard InChI is InChI=1S/C24H35F2N3O10/c1-8-9-12-35-19(32)29(20(33)38-22(2,3)4)15-10-11-28(18(31)27-15)17-24(25,26)16(14(13-30)36-17)37-21(34)39-23(5,6)7/h10-11,14,16-17,30H,8-9,12-13H2,1-7H3/t14-,16+,17-/m1/s1. The minimum atomic E-state index is -4.03. The van der Waals surface area contributed by atoms with E-state index in [-0.39, 0.29) is 6.61 Å². The third-order valence-corrected chi connectivity index (χ3v) is 4.92. The number of hydrogen-bond donors (Lipinski definition) is 1. The summed E-state index contributed by atoms with van der Waals surface area (Å²) < 4.78 is 56.1. The van der Waals surface area contributed by atoms with E-state index in [0.717, 1.165) is 12.3 Å². The number of amides is 2. The third kappa shape index (κ3) is 8.33. The number of imide groups is 1. The van der Waals surface area contributed by atoms with Crippen LogP contribution >= 0.6 is 0 Å². The highest BCUT2D eigenvalue weighted by Crippen LogP contribution is 2.44. The molecule has 1 aromatic rings. The van der Waals surface area contributed by atoms with Crippen LogP contribution in [0, 0.1) is 0 Å². The van der Waals surface area contributed by atoms with E-state index in [2.05, 4.69) is 4.98 Å². The first-order chi connectivity index (χ1) is 17.9. The van der Waals surface area contributed by atoms with Crippen LogP contribution in [0.2, 0.25) is 0 Å². The summed E-state index contributed by atoms with van der Waals surface area (Å²) in [4.78, 5) is 54.2. The highest BCUT2D eigenvalue weighted by atomic mass is 19.3. The fourth-order valence-electron chi connectivity index (χ4n) is 3.28. The van der Waals surface area contributed by atoms with Crippen LogP contribution in [-0.2, 0) is 23.7 Å². The van der Waals surface area contributed by atoms with Crippen LogP contribution in [0.1, 0.15) is 67.5 Å². The van der Waals surface area contributed by atoms with Gasteiger partial charge in [0.05, 0.1) is 13.2 Å². The number of rotatable bonds is 7. The Kier molecular flexibility index (Phi) is 10.0. The first kappa shape index (κ1) is 31.9. The molecule has 15 heteroatoms. The van der Waals surface area contributed by atoms with Crippen molar-refractivity contribution in [1.82, 2.24) is 9.55 Å². The molecule has 0 radical (unpaired) electrons. The Morgan fingerprint density at radius 3 is 2.26 bits per heavy atom. The summed E-state index contributed by atoms with van der Waals surface area (Å²) in [6, 6.07) is 0.932. The minimum Gasteiger partial charge on any atom is -0.449 e. The topological polar surface area (TPSA) is 156 Å². The summed E-state index contributed by atoms with van der Waals surface area (Å²) in [5, 5.41) is 9.57. The number of aliphatic hydroxyl groups excluding tert-OH is 1. The summed E-state index contributed by atoms with van der Waals surface area (Å²) >= 11 is 0. The lowest BCUT2D eigenvalue weighted by Crippen LogP contribution is -2.46. The Labute approximate surface area is 223 Å². The van der Waals surface area contributed by atoms with Crippen molar-refractivity contribution in [3.05, 3.63) is 22.7 Å². The number of hydrogen-bond acceptors (Lipinski definition) is 11. The summed E-state index contributed by atoms with van der Waals surface area (Å²) in [7, 11) is 0. The van der Waals surface area contributed by atoms with Gasteiger partial charge in [-0.1, -0.05) is 13.3 Å². The molecule has 0 aromatic carbocycles. The van der Waals surface area contributed by atoms with Gasteiger partial charge in [-0.3, -0.25) is 4.57 Å². The van der Waals surface area contributed by atoms with Crippen LogP contribution in [-0.4, -0.2) is 75.5 Å². The molecule has 0 saturated carbocycles. The zero-order valence-electron chi connectivity index (χ0n) is 22.9. The fraction of sp³-hybridized carbons (Fsp3) is 0.708. The van der Waals surface area contributed by atoms with Crippen molar-refractivity contribution in [1.29, 1.82) is 0 Å². The molecule has 1 aliphatic heterocycles. The molecule has 0 bridgehead atoms. The van der Waals surface area contributed by atoms with E-state index in [1.807, 2.05) is 6.92 Å². The fourth-order valence-corrected chi connectivity index (χ4v) is 3.28. The van der Waals surface area contributed by atoms with Gasteiger partial charge in [0.2, 0.25) is 12.3 Å². The largest absolute Gasteiger partial charge is 0.509 e. The number of nitrogens with zero attached hydrogens (tertiary/aromatic N) is 3. The quantitative estimate of drug-likeness (QED) is 0.293. The van der Waals surface area contributed by atoms with Gasteiger partial charge in [0.25, 0.3) is 0 Å². The normalized spacial score (nSPS) is 20.7. The van der Waals surface area contributed by atoms with Gasteiger partial charge < -0.3 is 28.8 Å². The lowest BCUT2D eigenvalue weighted by atomic mass is 10.1. The van der Waals surface area contributed by atoms with Gasteiger partial charge in [-0.05, 0) is 54.0 Å². The molecule has 1 aromatic heterocycles. The number of halogens is 2. The lowest BCUT2D eigenvalue weighted by molar-refractivity contribution is -0.149. The van der Waals surface area contributed by atoms with Crippen LogP contribution in [0.25, 0.3) is 0 Å². The molecule has 2 heterocycles. The smallest absolute Gasteiger partial charge is 0.449 e. The maximum atomic E-state index is 15.3. The Hall–Kier alpha value is -3.33. The maximum Gasteiger partial charge on any atom is 0.509 e. The Morgan fingerprint density at radius 1 is 1.13 bits per heavy atom. The Morgan fingerprint density at radius 2 is 1.74 bits per heavy atom. The van der Waals surface area contributed by atoms with Gasteiger partial charge >= 0.3 is 30.0 Å². The molecular weight excluding hydrogens is 528 g/mol. The van der Waals surface area contributed by atoms with Gasteiger partial charge in [0.1, 0.15) is 17.3 Å². The number of carbonyl (C=O) groups is 3. The van der Waals surface area contributed by atoms with Crippen LogP contribution in [0.4, 0.5) is 29.0 Å². The van der Waals surface area contributed by atoms with Crippen molar-refractivity contribution in [2.45, 2.75) is 96.9 Å². The summed E-state index contributed by atoms with van der Waals surface area (Å²) in [5.74, 6) is -4.57. The molecular formula is C24H35F2N3O10. The summed E-state index contributed by atoms with van der Waals surface area (Å²) in [6.07, 6.45) is -8.19. The van der Waals surface area contributed by atoms with E-state index in [1.54, 1.807) is 20.8 Å². The van der Waals surface area contributed by atoms with E-state index < -0.39 is 72.0 Å². The molecule has 2 rings (SSSR count). The number of aliphatic hydroxyl groups is 1. The second-order valence-corrected chi connectivity index (χ2v) is 10.6. The molecule has 3 atom stereocenters. The van der Waals surface area contributed by atoms with Crippen molar-refractivity contribution < 1.29 is 52.0 Å². The predicted molar refractivity (Wildman–Crippen MR) is 131 cm³/mol. The second-order valence-electron chi connectivity index (χ2n) is 10.6. The first-order valence-electron chi connectivity index (χ1n) is 12.2. The predicted octanol–water partition coefficient (Wildman–Crippen LogP) is 3.77. The van der Waals surface area contributed by atoms with Crippen molar-refractivity contribution in [2.24, 2.45) is 0 Å². The molecule has 0 spiro atoms.